The van der Waals surface area contributed by atoms with Crippen molar-refractivity contribution in [1.82, 2.24) is 14.5 Å². The van der Waals surface area contributed by atoms with E-state index in [4.69, 9.17) is 12.2 Å². The van der Waals surface area contributed by atoms with Crippen molar-refractivity contribution in [3.05, 3.63) is 28.5 Å². The average Bonchev–Trinajstić information content (AvgIpc) is 2.87. The molecule has 1 saturated heterocycles. The summed E-state index contributed by atoms with van der Waals surface area (Å²) in [5.74, 6) is -0.693. The maximum Gasteiger partial charge on any atom is 0.178 e. The molecule has 1 aliphatic heterocycles. The van der Waals surface area contributed by atoms with Gasteiger partial charge in [-0.05, 0) is 44.2 Å². The largest absolute Gasteiger partial charge is 0.328 e. The van der Waals surface area contributed by atoms with E-state index in [2.05, 4.69) is 16.9 Å². The van der Waals surface area contributed by atoms with Crippen LogP contribution in [0.4, 0.5) is 8.78 Å². The van der Waals surface area contributed by atoms with Gasteiger partial charge in [0.05, 0.1) is 5.52 Å². The summed E-state index contributed by atoms with van der Waals surface area (Å²) in [6.07, 6.45) is 1.09. The fourth-order valence-corrected chi connectivity index (χ4v) is 3.07. The second kappa shape index (κ2) is 4.68. The Morgan fingerprint density at radius 1 is 1.42 bits per heavy atom. The van der Waals surface area contributed by atoms with Crippen molar-refractivity contribution in [3.8, 4) is 0 Å². The smallest absolute Gasteiger partial charge is 0.178 e. The molecule has 102 valence electrons. The Balaban J connectivity index is 2.03. The van der Waals surface area contributed by atoms with E-state index < -0.39 is 11.6 Å². The maximum atomic E-state index is 13.7. The van der Waals surface area contributed by atoms with Crippen molar-refractivity contribution in [3.63, 3.8) is 0 Å². The molecule has 0 amide bonds. The predicted octanol–water partition coefficient (Wildman–Crippen LogP) is 2.93. The van der Waals surface area contributed by atoms with Gasteiger partial charge in [-0.1, -0.05) is 0 Å². The number of aromatic amines is 1. The van der Waals surface area contributed by atoms with Crippen molar-refractivity contribution in [1.29, 1.82) is 0 Å². The second-order valence-corrected chi connectivity index (χ2v) is 5.63. The van der Waals surface area contributed by atoms with Crippen LogP contribution in [-0.4, -0.2) is 34.6 Å². The molecule has 1 aromatic heterocycles. The number of likely N-dealkylation sites (tertiary alicyclic amines) is 1. The summed E-state index contributed by atoms with van der Waals surface area (Å²) in [5, 5.41) is 0. The van der Waals surface area contributed by atoms with Gasteiger partial charge in [0.1, 0.15) is 11.3 Å². The van der Waals surface area contributed by atoms with Crippen LogP contribution in [0.5, 0.6) is 0 Å². The molecular weight excluding hydrogens is 268 g/mol. The molecule has 1 fully saturated rings. The van der Waals surface area contributed by atoms with E-state index in [-0.39, 0.29) is 5.52 Å². The number of benzene rings is 1. The molecule has 0 aliphatic carbocycles. The van der Waals surface area contributed by atoms with Crippen LogP contribution in [0.25, 0.3) is 11.0 Å². The molecule has 1 unspecified atom stereocenters. The van der Waals surface area contributed by atoms with Crippen LogP contribution in [0.1, 0.15) is 6.42 Å². The van der Waals surface area contributed by atoms with Crippen molar-refractivity contribution in [2.75, 3.05) is 20.1 Å². The summed E-state index contributed by atoms with van der Waals surface area (Å²) in [7, 11) is 2.08. The van der Waals surface area contributed by atoms with Gasteiger partial charge in [-0.25, -0.2) is 8.78 Å². The SMILES string of the molecule is CN1CCC(Cn2c(=S)[nH]c3c(F)cc(F)cc32)C1. The van der Waals surface area contributed by atoms with Crippen LogP contribution in [0.3, 0.4) is 0 Å². The fraction of sp³-hybridized carbons (Fsp3) is 0.462. The number of aromatic nitrogens is 2. The minimum absolute atomic E-state index is 0.290. The monoisotopic (exact) mass is 283 g/mol. The van der Waals surface area contributed by atoms with Gasteiger partial charge < -0.3 is 14.5 Å². The van der Waals surface area contributed by atoms with Gasteiger partial charge >= 0.3 is 0 Å². The van der Waals surface area contributed by atoms with E-state index in [0.29, 0.717) is 22.8 Å². The van der Waals surface area contributed by atoms with Crippen molar-refractivity contribution in [2.45, 2.75) is 13.0 Å². The lowest BCUT2D eigenvalue weighted by Crippen LogP contribution is -2.17. The number of hydrogen-bond donors (Lipinski definition) is 1. The number of rotatable bonds is 2. The Bertz CT molecular complexity index is 676. The first-order valence-electron chi connectivity index (χ1n) is 6.30. The van der Waals surface area contributed by atoms with E-state index in [1.807, 2.05) is 0 Å². The Morgan fingerprint density at radius 2 is 2.21 bits per heavy atom. The highest BCUT2D eigenvalue weighted by molar-refractivity contribution is 7.71. The van der Waals surface area contributed by atoms with Gasteiger partial charge in [0.15, 0.2) is 10.6 Å². The second-order valence-electron chi connectivity index (χ2n) is 5.24. The number of nitrogens with zero attached hydrogens (tertiary/aromatic N) is 2. The molecule has 0 spiro atoms. The molecule has 6 heteroatoms. The van der Waals surface area contributed by atoms with E-state index in [9.17, 15) is 8.78 Å². The molecular formula is C13H15F2N3S. The average molecular weight is 283 g/mol. The molecule has 0 saturated carbocycles. The van der Waals surface area contributed by atoms with E-state index >= 15 is 0 Å². The zero-order valence-electron chi connectivity index (χ0n) is 10.6. The van der Waals surface area contributed by atoms with Crippen LogP contribution >= 0.6 is 12.2 Å². The van der Waals surface area contributed by atoms with Crippen molar-refractivity contribution < 1.29 is 8.78 Å². The minimum atomic E-state index is -0.594. The van der Waals surface area contributed by atoms with Gasteiger partial charge in [0.25, 0.3) is 0 Å². The van der Waals surface area contributed by atoms with Gasteiger partial charge in [-0.3, -0.25) is 0 Å². The maximum absolute atomic E-state index is 13.7. The molecule has 0 bridgehead atoms. The lowest BCUT2D eigenvalue weighted by Gasteiger charge is -2.12. The Kier molecular flexibility index (Phi) is 3.14. The third-order valence-electron chi connectivity index (χ3n) is 3.73. The highest BCUT2D eigenvalue weighted by Crippen LogP contribution is 2.23. The summed E-state index contributed by atoms with van der Waals surface area (Å²) in [5.41, 5.74) is 0.801. The first-order valence-corrected chi connectivity index (χ1v) is 6.71. The van der Waals surface area contributed by atoms with Gasteiger partial charge in [0.2, 0.25) is 0 Å². The first-order chi connectivity index (χ1) is 9.04. The van der Waals surface area contributed by atoms with Gasteiger partial charge in [-0.2, -0.15) is 0 Å². The quantitative estimate of drug-likeness (QED) is 0.857. The summed E-state index contributed by atoms with van der Waals surface area (Å²) in [6.45, 7) is 2.75. The molecule has 1 N–H and O–H groups in total. The molecule has 3 nitrogen and oxygen atoms in total. The molecule has 0 radical (unpaired) electrons. The molecule has 1 aromatic carbocycles. The third-order valence-corrected chi connectivity index (χ3v) is 4.05. The highest BCUT2D eigenvalue weighted by Gasteiger charge is 2.21. The molecule has 1 atom stereocenters. The van der Waals surface area contributed by atoms with E-state index in [1.54, 1.807) is 4.57 Å². The molecule has 2 aromatic rings. The zero-order chi connectivity index (χ0) is 13.6. The molecule has 3 rings (SSSR count). The summed E-state index contributed by atoms with van der Waals surface area (Å²) >= 11 is 5.22. The number of nitrogens with one attached hydrogen (secondary N) is 1. The Labute approximate surface area is 114 Å². The lowest BCUT2D eigenvalue weighted by molar-refractivity contribution is 0.379. The van der Waals surface area contributed by atoms with Crippen LogP contribution in [0.15, 0.2) is 12.1 Å². The van der Waals surface area contributed by atoms with Crippen molar-refractivity contribution in [2.24, 2.45) is 5.92 Å². The van der Waals surface area contributed by atoms with Crippen LogP contribution < -0.4 is 0 Å². The topological polar surface area (TPSA) is 24.0 Å². The van der Waals surface area contributed by atoms with Crippen LogP contribution in [0, 0.1) is 22.3 Å². The summed E-state index contributed by atoms with van der Waals surface area (Å²) in [4.78, 5) is 5.08. The zero-order valence-corrected chi connectivity index (χ0v) is 11.4. The number of fused-ring (bicyclic) bond motifs is 1. The first kappa shape index (κ1) is 12.7. The standard InChI is InChI=1S/C13H15F2N3S/c1-17-3-2-8(6-17)7-18-11-5-9(14)4-10(15)12(11)16-13(18)19/h4-5,8H,2-3,6-7H2,1H3,(H,16,19). The normalized spacial score (nSPS) is 20.5. The summed E-state index contributed by atoms with van der Waals surface area (Å²) < 4.78 is 29.3. The number of imidazole rings is 1. The van der Waals surface area contributed by atoms with E-state index in [0.717, 1.165) is 25.6 Å². The molecule has 1 aliphatic rings. The van der Waals surface area contributed by atoms with E-state index in [1.165, 1.54) is 6.07 Å². The van der Waals surface area contributed by atoms with Crippen molar-refractivity contribution >= 4 is 23.3 Å². The van der Waals surface area contributed by atoms with Gasteiger partial charge in [-0.15, -0.1) is 0 Å². The van der Waals surface area contributed by atoms with Crippen LogP contribution in [0.2, 0.25) is 0 Å². The number of hydrogen-bond acceptors (Lipinski definition) is 2. The highest BCUT2D eigenvalue weighted by atomic mass is 32.1. The molecule has 19 heavy (non-hydrogen) atoms. The Hall–Kier alpha value is -1.27. The third kappa shape index (κ3) is 2.30. The summed E-state index contributed by atoms with van der Waals surface area (Å²) in [6, 6.07) is 2.21. The Morgan fingerprint density at radius 3 is 2.89 bits per heavy atom. The minimum Gasteiger partial charge on any atom is -0.328 e. The fourth-order valence-electron chi connectivity index (χ4n) is 2.80. The number of H-pyrrole nitrogens is 1. The van der Waals surface area contributed by atoms with Crippen LogP contribution in [-0.2, 0) is 6.54 Å². The molecule has 2 heterocycles. The lowest BCUT2D eigenvalue weighted by atomic mass is 10.1. The number of halogens is 2. The predicted molar refractivity (Wildman–Crippen MR) is 72.6 cm³/mol. The van der Waals surface area contributed by atoms with Gasteiger partial charge in [0, 0.05) is 19.2 Å².